The van der Waals surface area contributed by atoms with Crippen LogP contribution in [0.25, 0.3) is 0 Å². The van der Waals surface area contributed by atoms with Gasteiger partial charge < -0.3 is 10.1 Å². The number of benzene rings is 1. The van der Waals surface area contributed by atoms with Crippen LogP contribution in [0.2, 0.25) is 0 Å². The molecule has 0 spiro atoms. The normalized spacial score (nSPS) is 10.1. The summed E-state index contributed by atoms with van der Waals surface area (Å²) >= 11 is 3.35. The van der Waals surface area contributed by atoms with Crippen molar-refractivity contribution in [2.75, 3.05) is 12.4 Å². The predicted molar refractivity (Wildman–Crippen MR) is 78.9 cm³/mol. The molecule has 2 rings (SSSR count). The average Bonchev–Trinajstić information content (AvgIpc) is 2.46. The number of nitro groups is 1. The first kappa shape index (κ1) is 14.3. The Balaban J connectivity index is 2.13. The summed E-state index contributed by atoms with van der Waals surface area (Å²) in [6.07, 6.45) is 0. The molecule has 20 heavy (non-hydrogen) atoms. The number of anilines is 1. The van der Waals surface area contributed by atoms with Gasteiger partial charge in [0.1, 0.15) is 0 Å². The zero-order valence-electron chi connectivity index (χ0n) is 10.7. The quantitative estimate of drug-likeness (QED) is 0.668. The summed E-state index contributed by atoms with van der Waals surface area (Å²) in [5, 5.41) is 13.9. The van der Waals surface area contributed by atoms with Crippen molar-refractivity contribution in [2.24, 2.45) is 0 Å². The minimum Gasteiger partial charge on any atom is -0.481 e. The second kappa shape index (κ2) is 6.33. The Kier molecular flexibility index (Phi) is 4.52. The fourth-order valence-electron chi connectivity index (χ4n) is 1.62. The van der Waals surface area contributed by atoms with Crippen molar-refractivity contribution in [1.82, 2.24) is 4.98 Å². The molecule has 0 fully saturated rings. The highest BCUT2D eigenvalue weighted by molar-refractivity contribution is 9.10. The van der Waals surface area contributed by atoms with Gasteiger partial charge in [-0.2, -0.15) is 0 Å². The second-order valence-corrected chi connectivity index (χ2v) is 4.80. The molecule has 2 aromatic rings. The van der Waals surface area contributed by atoms with Gasteiger partial charge in [-0.15, -0.1) is 0 Å². The Morgan fingerprint density at radius 2 is 2.20 bits per heavy atom. The van der Waals surface area contributed by atoms with Gasteiger partial charge in [0, 0.05) is 22.7 Å². The van der Waals surface area contributed by atoms with E-state index >= 15 is 0 Å². The van der Waals surface area contributed by atoms with E-state index in [2.05, 4.69) is 26.2 Å². The predicted octanol–water partition coefficient (Wildman–Crippen LogP) is 3.37. The lowest BCUT2D eigenvalue weighted by Gasteiger charge is -2.08. The lowest BCUT2D eigenvalue weighted by molar-refractivity contribution is -0.384. The number of nitrogens with zero attached hydrogens (tertiary/aromatic N) is 2. The van der Waals surface area contributed by atoms with Crippen LogP contribution >= 0.6 is 15.9 Å². The van der Waals surface area contributed by atoms with E-state index in [9.17, 15) is 10.1 Å². The molecule has 1 aromatic carbocycles. The molecule has 0 aliphatic heterocycles. The summed E-state index contributed by atoms with van der Waals surface area (Å²) in [4.78, 5) is 14.6. The van der Waals surface area contributed by atoms with Crippen LogP contribution in [-0.2, 0) is 6.54 Å². The topological polar surface area (TPSA) is 77.3 Å². The number of nitro benzene ring substituents is 1. The molecular weight excluding hydrogens is 326 g/mol. The highest BCUT2D eigenvalue weighted by Gasteiger charge is 2.09. The van der Waals surface area contributed by atoms with E-state index in [1.807, 2.05) is 12.1 Å². The van der Waals surface area contributed by atoms with Gasteiger partial charge in [0.15, 0.2) is 0 Å². The molecule has 7 heteroatoms. The molecule has 1 N–H and O–H groups in total. The standard InChI is InChI=1S/C13H12BrN3O3/c1-20-13-4-2-3-9(16-13)8-15-12-7-10(17(18)19)5-6-11(12)14/h2-7,15H,8H2,1H3. The van der Waals surface area contributed by atoms with Gasteiger partial charge in [-0.1, -0.05) is 6.07 Å². The Labute approximate surface area is 124 Å². The van der Waals surface area contributed by atoms with Gasteiger partial charge in [-0.3, -0.25) is 10.1 Å². The van der Waals surface area contributed by atoms with Gasteiger partial charge >= 0.3 is 0 Å². The number of hydrogen-bond acceptors (Lipinski definition) is 5. The maximum atomic E-state index is 10.8. The van der Waals surface area contributed by atoms with Crippen LogP contribution in [0.3, 0.4) is 0 Å². The lowest BCUT2D eigenvalue weighted by Crippen LogP contribution is -2.03. The first-order valence-corrected chi connectivity index (χ1v) is 6.57. The van der Waals surface area contributed by atoms with E-state index in [1.165, 1.54) is 12.1 Å². The smallest absolute Gasteiger partial charge is 0.271 e. The van der Waals surface area contributed by atoms with E-state index in [4.69, 9.17) is 4.74 Å². The van der Waals surface area contributed by atoms with Crippen LogP contribution in [0.1, 0.15) is 5.69 Å². The Morgan fingerprint density at radius 3 is 2.90 bits per heavy atom. The number of nitrogens with one attached hydrogen (secondary N) is 1. The monoisotopic (exact) mass is 337 g/mol. The van der Waals surface area contributed by atoms with Crippen LogP contribution in [0, 0.1) is 10.1 Å². The number of methoxy groups -OCH3 is 1. The fourth-order valence-corrected chi connectivity index (χ4v) is 2.00. The summed E-state index contributed by atoms with van der Waals surface area (Å²) in [6.45, 7) is 0.441. The van der Waals surface area contributed by atoms with Crippen molar-refractivity contribution >= 4 is 27.3 Å². The highest BCUT2D eigenvalue weighted by atomic mass is 79.9. The number of aromatic nitrogens is 1. The molecule has 0 saturated carbocycles. The molecule has 0 atom stereocenters. The summed E-state index contributed by atoms with van der Waals surface area (Å²) < 4.78 is 5.80. The van der Waals surface area contributed by atoms with Crippen LogP contribution in [0.4, 0.5) is 11.4 Å². The molecule has 0 aliphatic carbocycles. The Morgan fingerprint density at radius 1 is 1.40 bits per heavy atom. The van der Waals surface area contributed by atoms with Crippen molar-refractivity contribution in [1.29, 1.82) is 0 Å². The van der Waals surface area contributed by atoms with Crippen molar-refractivity contribution in [3.05, 3.63) is 56.7 Å². The molecule has 1 heterocycles. The van der Waals surface area contributed by atoms with Gasteiger partial charge in [-0.05, 0) is 28.1 Å². The SMILES string of the molecule is COc1cccc(CNc2cc([N+](=O)[O-])ccc2Br)n1. The minimum absolute atomic E-state index is 0.0364. The maximum absolute atomic E-state index is 10.8. The van der Waals surface area contributed by atoms with Crippen molar-refractivity contribution in [3.63, 3.8) is 0 Å². The van der Waals surface area contributed by atoms with E-state index in [-0.39, 0.29) is 5.69 Å². The number of rotatable bonds is 5. The zero-order valence-corrected chi connectivity index (χ0v) is 12.3. The molecule has 0 unspecified atom stereocenters. The molecule has 0 aliphatic rings. The van der Waals surface area contributed by atoms with Gasteiger partial charge in [0.25, 0.3) is 5.69 Å². The molecule has 0 radical (unpaired) electrons. The van der Waals surface area contributed by atoms with E-state index in [0.717, 1.165) is 10.2 Å². The van der Waals surface area contributed by atoms with Gasteiger partial charge in [0.2, 0.25) is 5.88 Å². The summed E-state index contributed by atoms with van der Waals surface area (Å²) in [5.74, 6) is 0.530. The van der Waals surface area contributed by atoms with Crippen LogP contribution < -0.4 is 10.1 Å². The summed E-state index contributed by atoms with van der Waals surface area (Å²) in [5.41, 5.74) is 1.46. The third-order valence-corrected chi connectivity index (χ3v) is 3.30. The van der Waals surface area contributed by atoms with Crippen LogP contribution in [0.15, 0.2) is 40.9 Å². The zero-order chi connectivity index (χ0) is 14.5. The maximum Gasteiger partial charge on any atom is 0.271 e. The third-order valence-electron chi connectivity index (χ3n) is 2.61. The van der Waals surface area contributed by atoms with Crippen molar-refractivity contribution < 1.29 is 9.66 Å². The third kappa shape index (κ3) is 3.45. The van der Waals surface area contributed by atoms with E-state index < -0.39 is 4.92 Å². The van der Waals surface area contributed by atoms with Gasteiger partial charge in [0.05, 0.1) is 30.0 Å². The number of non-ortho nitro benzene ring substituents is 1. The second-order valence-electron chi connectivity index (χ2n) is 3.95. The molecule has 104 valence electrons. The Bertz CT molecular complexity index is 634. The number of pyridine rings is 1. The molecule has 0 saturated heterocycles. The van der Waals surface area contributed by atoms with Gasteiger partial charge in [-0.25, -0.2) is 4.98 Å². The molecular formula is C13H12BrN3O3. The number of halogens is 1. The molecule has 6 nitrogen and oxygen atoms in total. The van der Waals surface area contributed by atoms with E-state index in [0.29, 0.717) is 18.1 Å². The van der Waals surface area contributed by atoms with Crippen molar-refractivity contribution in [2.45, 2.75) is 6.54 Å². The number of hydrogen-bond donors (Lipinski definition) is 1. The van der Waals surface area contributed by atoms with Crippen LogP contribution in [0.5, 0.6) is 5.88 Å². The highest BCUT2D eigenvalue weighted by Crippen LogP contribution is 2.27. The Hall–Kier alpha value is -2.15. The largest absolute Gasteiger partial charge is 0.481 e. The molecule has 1 aromatic heterocycles. The molecule has 0 bridgehead atoms. The first-order chi connectivity index (χ1) is 9.60. The lowest BCUT2D eigenvalue weighted by atomic mass is 10.2. The minimum atomic E-state index is -0.429. The first-order valence-electron chi connectivity index (χ1n) is 5.78. The van der Waals surface area contributed by atoms with Crippen molar-refractivity contribution in [3.8, 4) is 5.88 Å². The molecule has 0 amide bonds. The summed E-state index contributed by atoms with van der Waals surface area (Å²) in [6, 6.07) is 10.0. The number of ether oxygens (including phenoxy) is 1. The fraction of sp³-hybridized carbons (Fsp3) is 0.154. The average molecular weight is 338 g/mol. The van der Waals surface area contributed by atoms with E-state index in [1.54, 1.807) is 19.2 Å². The van der Waals surface area contributed by atoms with Crippen LogP contribution in [-0.4, -0.2) is 17.0 Å². The summed E-state index contributed by atoms with van der Waals surface area (Å²) in [7, 11) is 1.55.